The monoisotopic (exact) mass is 242 g/mol. The predicted molar refractivity (Wildman–Crippen MR) is 53.8 cm³/mol. The van der Waals surface area contributed by atoms with E-state index in [-0.39, 0.29) is 62.7 Å². The number of hydrogen-bond acceptors (Lipinski definition) is 3. The van der Waals surface area contributed by atoms with Crippen molar-refractivity contribution in [2.75, 3.05) is 7.11 Å². The van der Waals surface area contributed by atoms with Gasteiger partial charge in [-0.15, -0.1) is 0 Å². The topological polar surface area (TPSA) is 49.4 Å². The summed E-state index contributed by atoms with van der Waals surface area (Å²) < 4.78 is 4.57. The van der Waals surface area contributed by atoms with Gasteiger partial charge in [-0.25, -0.2) is 4.79 Å². The fraction of sp³-hybridized carbons (Fsp3) is 0.250. The van der Waals surface area contributed by atoms with Crippen LogP contribution < -0.4 is 56.5 Å². The van der Waals surface area contributed by atoms with Crippen molar-refractivity contribution >= 4 is 11.7 Å². The van der Waals surface area contributed by atoms with E-state index in [0.29, 0.717) is 12.0 Å². The Hall–Kier alpha value is -0.134. The van der Waals surface area contributed by atoms with E-state index in [1.54, 1.807) is 0 Å². The van der Waals surface area contributed by atoms with Gasteiger partial charge < -0.3 is 9.84 Å². The maximum atomic E-state index is 11.8. The van der Waals surface area contributed by atoms with Gasteiger partial charge in [0.1, 0.15) is 0 Å². The van der Waals surface area contributed by atoms with Gasteiger partial charge in [-0.1, -0.05) is 29.5 Å². The minimum Gasteiger partial charge on any atom is -0.872 e. The Morgan fingerprint density at radius 3 is 2.75 bits per heavy atom. The molecule has 0 atom stereocenters. The van der Waals surface area contributed by atoms with Crippen LogP contribution in [0.3, 0.4) is 0 Å². The summed E-state index contributed by atoms with van der Waals surface area (Å²) in [7, 11) is 1.29. The standard InChI is InChI=1S/C12H12O3.K/c1-7-3-4-8-6-10(12(14)15-2)11(13)9(8)5-7;/h3-5,13H,6H2,1-2H3;/q;+1/p-1. The van der Waals surface area contributed by atoms with Crippen LogP contribution in [-0.4, -0.2) is 13.1 Å². The molecule has 1 aliphatic rings. The SMILES string of the molecule is COC(=O)C1=C([O-])c2cc(C)ccc2C1.[K+]. The number of esters is 1. The van der Waals surface area contributed by atoms with Gasteiger partial charge in [0.25, 0.3) is 0 Å². The van der Waals surface area contributed by atoms with Crippen molar-refractivity contribution in [2.24, 2.45) is 0 Å². The van der Waals surface area contributed by atoms with Gasteiger partial charge in [-0.2, -0.15) is 0 Å². The minimum atomic E-state index is -0.520. The molecule has 1 aromatic carbocycles. The molecule has 78 valence electrons. The van der Waals surface area contributed by atoms with Gasteiger partial charge in [0, 0.05) is 12.0 Å². The van der Waals surface area contributed by atoms with Crippen molar-refractivity contribution in [3.05, 3.63) is 40.5 Å². The summed E-state index contributed by atoms with van der Waals surface area (Å²) >= 11 is 0. The van der Waals surface area contributed by atoms with Gasteiger partial charge in [0.05, 0.1) is 7.11 Å². The summed E-state index contributed by atoms with van der Waals surface area (Å²) in [5.74, 6) is -0.714. The number of rotatable bonds is 1. The maximum absolute atomic E-state index is 11.8. The smallest absolute Gasteiger partial charge is 0.872 e. The third-order valence-electron chi connectivity index (χ3n) is 2.58. The molecule has 0 N–H and O–H groups in total. The van der Waals surface area contributed by atoms with E-state index >= 15 is 0 Å². The molecule has 0 saturated carbocycles. The average Bonchev–Trinajstić information content (AvgIpc) is 2.55. The van der Waals surface area contributed by atoms with Crippen LogP contribution in [0.25, 0.3) is 5.76 Å². The molecule has 0 aliphatic heterocycles. The molecule has 2 rings (SSSR count). The molecule has 0 spiro atoms. The maximum Gasteiger partial charge on any atom is 1.00 e. The third-order valence-corrected chi connectivity index (χ3v) is 2.58. The number of ether oxygens (including phenoxy) is 1. The summed E-state index contributed by atoms with van der Waals surface area (Å²) in [5.41, 5.74) is 2.80. The van der Waals surface area contributed by atoms with Crippen molar-refractivity contribution in [1.29, 1.82) is 0 Å². The number of carbonyl (C=O) groups is 1. The fourth-order valence-electron chi connectivity index (χ4n) is 1.78. The van der Waals surface area contributed by atoms with Crippen LogP contribution in [0, 0.1) is 6.92 Å². The number of hydrogen-bond donors (Lipinski definition) is 0. The number of fused-ring (bicyclic) bond motifs is 1. The van der Waals surface area contributed by atoms with E-state index in [2.05, 4.69) is 4.74 Å². The third kappa shape index (κ3) is 2.41. The van der Waals surface area contributed by atoms with Gasteiger partial charge >= 0.3 is 57.4 Å². The summed E-state index contributed by atoms with van der Waals surface area (Å²) in [6.07, 6.45) is 0.390. The van der Waals surface area contributed by atoms with Crippen LogP contribution in [0.4, 0.5) is 0 Å². The number of methoxy groups -OCH3 is 1. The van der Waals surface area contributed by atoms with Crippen LogP contribution in [0.15, 0.2) is 23.8 Å². The molecule has 3 nitrogen and oxygen atoms in total. The van der Waals surface area contributed by atoms with Gasteiger partial charge in [0.2, 0.25) is 0 Å². The first-order valence-corrected chi connectivity index (χ1v) is 4.72. The molecule has 0 heterocycles. The van der Waals surface area contributed by atoms with E-state index < -0.39 is 5.97 Å². The van der Waals surface area contributed by atoms with Crippen LogP contribution in [0.1, 0.15) is 16.7 Å². The zero-order chi connectivity index (χ0) is 11.0. The van der Waals surface area contributed by atoms with Crippen LogP contribution in [0.2, 0.25) is 0 Å². The van der Waals surface area contributed by atoms with E-state index in [1.807, 2.05) is 25.1 Å². The average molecular weight is 242 g/mol. The second-order valence-corrected chi connectivity index (χ2v) is 3.64. The van der Waals surface area contributed by atoms with Crippen LogP contribution >= 0.6 is 0 Å². The second-order valence-electron chi connectivity index (χ2n) is 3.64. The molecule has 1 aromatic rings. The predicted octanol–water partition coefficient (Wildman–Crippen LogP) is -2.20. The summed E-state index contributed by atoms with van der Waals surface area (Å²) in [4.78, 5) is 11.3. The molecule has 0 bridgehead atoms. The number of aryl methyl sites for hydroxylation is 1. The van der Waals surface area contributed by atoms with Crippen molar-refractivity contribution in [2.45, 2.75) is 13.3 Å². The van der Waals surface area contributed by atoms with Gasteiger partial charge in [-0.05, 0) is 18.1 Å². The van der Waals surface area contributed by atoms with Crippen LogP contribution in [-0.2, 0) is 16.0 Å². The molecule has 16 heavy (non-hydrogen) atoms. The number of carbonyl (C=O) groups excluding carboxylic acids is 1. The number of benzene rings is 1. The summed E-state index contributed by atoms with van der Waals surface area (Å²) in [6, 6.07) is 5.64. The molecular weight excluding hydrogens is 231 g/mol. The minimum absolute atomic E-state index is 0. The van der Waals surface area contributed by atoms with Gasteiger partial charge in [0.15, 0.2) is 0 Å². The van der Waals surface area contributed by atoms with Crippen molar-refractivity contribution < 1.29 is 66.0 Å². The Balaban J connectivity index is 0.00000128. The largest absolute Gasteiger partial charge is 1.00 e. The molecule has 0 fully saturated rings. The Morgan fingerprint density at radius 2 is 2.12 bits per heavy atom. The Labute approximate surface area is 137 Å². The normalized spacial score (nSPS) is 13.1. The van der Waals surface area contributed by atoms with Gasteiger partial charge in [-0.3, -0.25) is 0 Å². The fourth-order valence-corrected chi connectivity index (χ4v) is 1.78. The zero-order valence-electron chi connectivity index (χ0n) is 9.66. The quantitative estimate of drug-likeness (QED) is 0.415. The molecule has 0 amide bonds. The molecule has 0 aromatic heterocycles. The first-order valence-electron chi connectivity index (χ1n) is 4.72. The molecule has 4 heteroatoms. The molecular formula is C12H11KO3. The Morgan fingerprint density at radius 1 is 1.44 bits per heavy atom. The molecule has 0 unspecified atom stereocenters. The van der Waals surface area contributed by atoms with E-state index in [4.69, 9.17) is 0 Å². The van der Waals surface area contributed by atoms with Crippen LogP contribution in [0.5, 0.6) is 0 Å². The zero-order valence-corrected chi connectivity index (χ0v) is 12.8. The van der Waals surface area contributed by atoms with Crippen molar-refractivity contribution in [3.63, 3.8) is 0 Å². The van der Waals surface area contributed by atoms with E-state index in [0.717, 1.165) is 11.1 Å². The second kappa shape index (κ2) is 5.47. The molecule has 0 radical (unpaired) electrons. The van der Waals surface area contributed by atoms with Crippen molar-refractivity contribution in [3.8, 4) is 0 Å². The Kier molecular flexibility index (Phi) is 4.76. The first kappa shape index (κ1) is 13.9. The molecule has 1 aliphatic carbocycles. The Bertz CT molecular complexity index is 463. The van der Waals surface area contributed by atoms with E-state index in [1.165, 1.54) is 7.11 Å². The molecule has 0 saturated heterocycles. The first-order chi connectivity index (χ1) is 7.13. The summed E-state index contributed by atoms with van der Waals surface area (Å²) in [6.45, 7) is 1.92. The summed E-state index contributed by atoms with van der Waals surface area (Å²) in [5, 5.41) is 11.8. The van der Waals surface area contributed by atoms with Crippen molar-refractivity contribution in [1.82, 2.24) is 0 Å². The van der Waals surface area contributed by atoms with E-state index in [9.17, 15) is 9.90 Å².